The molecule has 1 aromatic carbocycles. The van der Waals surface area contributed by atoms with E-state index < -0.39 is 0 Å². The molecule has 1 aromatic heterocycles. The number of benzene rings is 1. The summed E-state index contributed by atoms with van der Waals surface area (Å²) >= 11 is 11.5. The second-order valence-corrected chi connectivity index (χ2v) is 4.01. The van der Waals surface area contributed by atoms with Gasteiger partial charge in [0.05, 0.1) is 10.5 Å². The van der Waals surface area contributed by atoms with Crippen LogP contribution in [0.25, 0.3) is 10.9 Å². The van der Waals surface area contributed by atoms with Gasteiger partial charge < -0.3 is 4.98 Å². The van der Waals surface area contributed by atoms with Crippen molar-refractivity contribution < 1.29 is 4.79 Å². The molecule has 2 aromatic rings. The first kappa shape index (κ1) is 10.5. The van der Waals surface area contributed by atoms with Crippen LogP contribution in [0.3, 0.4) is 0 Å². The quantitative estimate of drug-likeness (QED) is 0.646. The van der Waals surface area contributed by atoms with Gasteiger partial charge in [0.2, 0.25) is 0 Å². The van der Waals surface area contributed by atoms with Gasteiger partial charge in [0.15, 0.2) is 5.78 Å². The second kappa shape index (κ2) is 4.25. The Labute approximate surface area is 97.2 Å². The van der Waals surface area contributed by atoms with Crippen molar-refractivity contribution in [2.75, 3.05) is 5.88 Å². The Bertz CT molecular complexity index is 504. The van der Waals surface area contributed by atoms with Crippen molar-refractivity contribution in [2.24, 2.45) is 0 Å². The van der Waals surface area contributed by atoms with Gasteiger partial charge in [0.25, 0.3) is 0 Å². The van der Waals surface area contributed by atoms with E-state index in [1.807, 2.05) is 12.1 Å². The molecule has 0 amide bonds. The highest BCUT2D eigenvalue weighted by atomic mass is 35.5. The van der Waals surface area contributed by atoms with Crippen molar-refractivity contribution in [3.05, 3.63) is 35.0 Å². The maximum atomic E-state index is 11.7. The van der Waals surface area contributed by atoms with Crippen LogP contribution in [-0.4, -0.2) is 16.6 Å². The molecule has 1 N–H and O–H groups in total. The van der Waals surface area contributed by atoms with E-state index in [4.69, 9.17) is 23.2 Å². The lowest BCUT2D eigenvalue weighted by Crippen LogP contribution is -1.97. The van der Waals surface area contributed by atoms with E-state index in [1.54, 1.807) is 12.3 Å². The molecule has 15 heavy (non-hydrogen) atoms. The molecule has 0 fully saturated rings. The van der Waals surface area contributed by atoms with Crippen molar-refractivity contribution >= 4 is 39.9 Å². The minimum atomic E-state index is 0.0403. The largest absolute Gasteiger partial charge is 0.359 e. The molecule has 0 saturated carbocycles. The van der Waals surface area contributed by atoms with Gasteiger partial charge in [0, 0.05) is 29.4 Å². The maximum Gasteiger partial charge on any atom is 0.166 e. The minimum absolute atomic E-state index is 0.0403. The van der Waals surface area contributed by atoms with Crippen molar-refractivity contribution in [3.8, 4) is 0 Å². The number of alkyl halides is 1. The molecular formula is C11H9Cl2NO. The van der Waals surface area contributed by atoms with Gasteiger partial charge in [-0.05, 0) is 6.07 Å². The van der Waals surface area contributed by atoms with Gasteiger partial charge in [0.1, 0.15) is 0 Å². The van der Waals surface area contributed by atoms with Crippen molar-refractivity contribution in [3.63, 3.8) is 0 Å². The number of para-hydroxylation sites is 1. The summed E-state index contributed by atoms with van der Waals surface area (Å²) in [7, 11) is 0. The topological polar surface area (TPSA) is 32.9 Å². The van der Waals surface area contributed by atoms with Gasteiger partial charge in [-0.25, -0.2) is 0 Å². The van der Waals surface area contributed by atoms with Crippen LogP contribution in [0.4, 0.5) is 0 Å². The number of carbonyl (C=O) groups is 1. The summed E-state index contributed by atoms with van der Waals surface area (Å²) in [6.07, 6.45) is 2.03. The number of halogens is 2. The SMILES string of the molecule is O=C(CCCl)c1c[nH]c2c(Cl)cccc12. The van der Waals surface area contributed by atoms with E-state index >= 15 is 0 Å². The molecule has 0 spiro atoms. The molecule has 78 valence electrons. The van der Waals surface area contributed by atoms with Crippen LogP contribution in [0.2, 0.25) is 5.02 Å². The van der Waals surface area contributed by atoms with Crippen LogP contribution in [0.15, 0.2) is 24.4 Å². The van der Waals surface area contributed by atoms with E-state index in [2.05, 4.69) is 4.98 Å². The van der Waals surface area contributed by atoms with Crippen LogP contribution in [0.1, 0.15) is 16.8 Å². The third-order valence-electron chi connectivity index (χ3n) is 2.29. The minimum Gasteiger partial charge on any atom is -0.359 e. The molecule has 1 heterocycles. The number of Topliss-reactive ketones (excluding diaryl/α,β-unsaturated/α-hetero) is 1. The molecule has 0 aliphatic carbocycles. The number of fused-ring (bicyclic) bond motifs is 1. The fraction of sp³-hybridized carbons (Fsp3) is 0.182. The summed E-state index contributed by atoms with van der Waals surface area (Å²) in [6, 6.07) is 5.49. The van der Waals surface area contributed by atoms with Crippen LogP contribution < -0.4 is 0 Å². The summed E-state index contributed by atoms with van der Waals surface area (Å²) in [5, 5.41) is 1.48. The first-order chi connectivity index (χ1) is 7.24. The Morgan fingerprint density at radius 1 is 1.40 bits per heavy atom. The number of ketones is 1. The van der Waals surface area contributed by atoms with E-state index in [-0.39, 0.29) is 5.78 Å². The van der Waals surface area contributed by atoms with Gasteiger partial charge in [-0.2, -0.15) is 0 Å². The lowest BCUT2D eigenvalue weighted by atomic mass is 10.1. The maximum absolute atomic E-state index is 11.7. The summed E-state index contributed by atoms with van der Waals surface area (Å²) in [4.78, 5) is 14.7. The van der Waals surface area contributed by atoms with E-state index in [9.17, 15) is 4.79 Å². The number of carbonyl (C=O) groups excluding carboxylic acids is 1. The van der Waals surface area contributed by atoms with Gasteiger partial charge in [-0.1, -0.05) is 23.7 Å². The third kappa shape index (κ3) is 1.87. The molecular weight excluding hydrogens is 233 g/mol. The Morgan fingerprint density at radius 3 is 2.93 bits per heavy atom. The first-order valence-electron chi connectivity index (χ1n) is 4.59. The zero-order valence-electron chi connectivity index (χ0n) is 7.89. The van der Waals surface area contributed by atoms with E-state index in [0.717, 1.165) is 10.9 Å². The zero-order chi connectivity index (χ0) is 10.8. The number of hydrogen-bond acceptors (Lipinski definition) is 1. The smallest absolute Gasteiger partial charge is 0.166 e. The molecule has 0 aliphatic rings. The lowest BCUT2D eigenvalue weighted by molar-refractivity contribution is 0.0991. The lowest BCUT2D eigenvalue weighted by Gasteiger charge is -1.96. The molecule has 0 atom stereocenters. The fourth-order valence-corrected chi connectivity index (χ4v) is 1.97. The van der Waals surface area contributed by atoms with Crippen molar-refractivity contribution in [2.45, 2.75) is 6.42 Å². The molecule has 0 unspecified atom stereocenters. The van der Waals surface area contributed by atoms with Gasteiger partial charge >= 0.3 is 0 Å². The summed E-state index contributed by atoms with van der Waals surface area (Å²) in [6.45, 7) is 0. The van der Waals surface area contributed by atoms with Crippen LogP contribution >= 0.6 is 23.2 Å². The highest BCUT2D eigenvalue weighted by molar-refractivity contribution is 6.35. The monoisotopic (exact) mass is 241 g/mol. The molecule has 0 saturated heterocycles. The summed E-state index contributed by atoms with van der Waals surface area (Å²) in [5.74, 6) is 0.380. The Hall–Kier alpha value is -0.990. The highest BCUT2D eigenvalue weighted by Gasteiger charge is 2.12. The Balaban J connectivity index is 2.54. The average Bonchev–Trinajstić information content (AvgIpc) is 2.63. The van der Waals surface area contributed by atoms with Crippen LogP contribution in [0, 0.1) is 0 Å². The van der Waals surface area contributed by atoms with E-state index in [1.165, 1.54) is 0 Å². The molecule has 2 rings (SSSR count). The highest BCUT2D eigenvalue weighted by Crippen LogP contribution is 2.25. The Morgan fingerprint density at radius 2 is 2.20 bits per heavy atom. The average molecular weight is 242 g/mol. The second-order valence-electron chi connectivity index (χ2n) is 3.23. The predicted octanol–water partition coefficient (Wildman–Crippen LogP) is 3.63. The fourth-order valence-electron chi connectivity index (χ4n) is 1.57. The standard InChI is InChI=1S/C11H9Cl2NO/c12-5-4-10(15)8-6-14-11-7(8)2-1-3-9(11)13/h1-3,6,14H,4-5H2. The number of hydrogen-bond donors (Lipinski definition) is 1. The van der Waals surface area contributed by atoms with Crippen molar-refractivity contribution in [1.82, 2.24) is 4.98 Å². The number of aromatic amines is 1. The molecule has 2 nitrogen and oxygen atoms in total. The third-order valence-corrected chi connectivity index (χ3v) is 2.79. The number of nitrogens with one attached hydrogen (secondary N) is 1. The number of aromatic nitrogens is 1. The first-order valence-corrected chi connectivity index (χ1v) is 5.50. The molecule has 4 heteroatoms. The van der Waals surface area contributed by atoms with Crippen molar-refractivity contribution in [1.29, 1.82) is 0 Å². The van der Waals surface area contributed by atoms with Crippen LogP contribution in [0.5, 0.6) is 0 Å². The van der Waals surface area contributed by atoms with E-state index in [0.29, 0.717) is 22.9 Å². The zero-order valence-corrected chi connectivity index (χ0v) is 9.40. The summed E-state index contributed by atoms with van der Waals surface area (Å²) in [5.41, 5.74) is 1.46. The molecule has 0 radical (unpaired) electrons. The summed E-state index contributed by atoms with van der Waals surface area (Å²) < 4.78 is 0. The number of rotatable bonds is 3. The molecule has 0 bridgehead atoms. The predicted molar refractivity (Wildman–Crippen MR) is 63.0 cm³/mol. The van der Waals surface area contributed by atoms with Gasteiger partial charge in [-0.3, -0.25) is 4.79 Å². The Kier molecular flexibility index (Phi) is 2.98. The van der Waals surface area contributed by atoms with Gasteiger partial charge in [-0.15, -0.1) is 11.6 Å². The number of H-pyrrole nitrogens is 1. The normalized spacial score (nSPS) is 10.8. The van der Waals surface area contributed by atoms with Crippen LogP contribution in [-0.2, 0) is 0 Å². The molecule has 0 aliphatic heterocycles.